The third-order valence-corrected chi connectivity index (χ3v) is 3.79. The maximum absolute atomic E-state index is 13.9. The minimum Gasteiger partial charge on any atom is -0.494 e. The van der Waals surface area contributed by atoms with Crippen molar-refractivity contribution in [1.82, 2.24) is 5.32 Å². The zero-order valence-electron chi connectivity index (χ0n) is 16.6. The van der Waals surface area contributed by atoms with Crippen molar-refractivity contribution in [3.05, 3.63) is 59.4 Å². The highest BCUT2D eigenvalue weighted by Crippen LogP contribution is 2.22. The Morgan fingerprint density at radius 2 is 1.82 bits per heavy atom. The Bertz CT molecular complexity index is 862. The number of benzene rings is 2. The first-order valence-corrected chi connectivity index (χ1v) is 8.83. The molecule has 1 atom stereocenters. The minimum atomic E-state index is -0.623. The van der Waals surface area contributed by atoms with Crippen LogP contribution >= 0.6 is 0 Å². The summed E-state index contributed by atoms with van der Waals surface area (Å²) in [6, 6.07) is 10.6. The summed E-state index contributed by atoms with van der Waals surface area (Å²) in [4.78, 5) is 24.4. The van der Waals surface area contributed by atoms with Crippen LogP contribution in [0.3, 0.4) is 0 Å². The van der Waals surface area contributed by atoms with Gasteiger partial charge in [-0.2, -0.15) is 0 Å². The molecule has 0 heterocycles. The van der Waals surface area contributed by atoms with Crippen LogP contribution in [-0.2, 0) is 4.74 Å². The molecule has 7 heteroatoms. The number of carbonyl (C=O) groups excluding carboxylic acids is 2. The van der Waals surface area contributed by atoms with Crippen molar-refractivity contribution in [2.24, 2.45) is 0 Å². The van der Waals surface area contributed by atoms with Crippen molar-refractivity contribution in [3.8, 4) is 5.75 Å². The molecule has 0 bridgehead atoms. The normalized spacial score (nSPS) is 12.1. The van der Waals surface area contributed by atoms with Gasteiger partial charge < -0.3 is 14.8 Å². The summed E-state index contributed by atoms with van der Waals surface area (Å²) in [7, 11) is 1.39. The van der Waals surface area contributed by atoms with E-state index in [1.165, 1.54) is 19.2 Å². The second-order valence-corrected chi connectivity index (χ2v) is 7.30. The number of halogens is 1. The number of nitrogens with one attached hydrogen (secondary N) is 2. The van der Waals surface area contributed by atoms with Crippen molar-refractivity contribution < 1.29 is 23.5 Å². The van der Waals surface area contributed by atoms with Crippen molar-refractivity contribution in [3.63, 3.8) is 0 Å². The summed E-state index contributed by atoms with van der Waals surface area (Å²) in [5.41, 5.74) is 0.774. The summed E-state index contributed by atoms with van der Waals surface area (Å²) in [5.74, 6) is -0.704. The summed E-state index contributed by atoms with van der Waals surface area (Å²) in [6.07, 6.45) is -0.605. The molecule has 6 nitrogen and oxygen atoms in total. The van der Waals surface area contributed by atoms with Gasteiger partial charge in [0.15, 0.2) is 11.6 Å². The number of amides is 2. The molecule has 2 aromatic carbocycles. The molecule has 2 amide bonds. The highest BCUT2D eigenvalue weighted by Gasteiger charge is 2.17. The Hall–Kier alpha value is -3.09. The van der Waals surface area contributed by atoms with Gasteiger partial charge in [-0.15, -0.1) is 0 Å². The highest BCUT2D eigenvalue weighted by atomic mass is 19.1. The molecule has 150 valence electrons. The minimum absolute atomic E-state index is 0.142. The fourth-order valence-electron chi connectivity index (χ4n) is 2.47. The van der Waals surface area contributed by atoms with Gasteiger partial charge in [0.1, 0.15) is 5.60 Å². The maximum Gasteiger partial charge on any atom is 0.412 e. The molecule has 0 radical (unpaired) electrons. The Balaban J connectivity index is 2.06. The van der Waals surface area contributed by atoms with Gasteiger partial charge in [-0.1, -0.05) is 12.1 Å². The van der Waals surface area contributed by atoms with Gasteiger partial charge in [0.2, 0.25) is 0 Å². The Kier molecular flexibility index (Phi) is 6.62. The van der Waals surface area contributed by atoms with Crippen molar-refractivity contribution in [1.29, 1.82) is 0 Å². The van der Waals surface area contributed by atoms with E-state index in [0.717, 1.165) is 0 Å². The van der Waals surface area contributed by atoms with E-state index in [0.29, 0.717) is 16.8 Å². The van der Waals surface area contributed by atoms with Crippen molar-refractivity contribution >= 4 is 17.7 Å². The molecule has 28 heavy (non-hydrogen) atoms. The van der Waals surface area contributed by atoms with Gasteiger partial charge in [-0.05, 0) is 63.6 Å². The average molecular weight is 388 g/mol. The Morgan fingerprint density at radius 3 is 2.43 bits per heavy atom. The first kappa shape index (κ1) is 21.2. The van der Waals surface area contributed by atoms with E-state index in [-0.39, 0.29) is 11.7 Å². The molecule has 0 aromatic heterocycles. The van der Waals surface area contributed by atoms with Crippen LogP contribution in [0.2, 0.25) is 0 Å². The molecule has 0 aliphatic heterocycles. The van der Waals surface area contributed by atoms with E-state index in [9.17, 15) is 14.0 Å². The number of carbonyl (C=O) groups is 2. The topological polar surface area (TPSA) is 76.7 Å². The lowest BCUT2D eigenvalue weighted by Gasteiger charge is -2.20. The van der Waals surface area contributed by atoms with E-state index < -0.39 is 23.6 Å². The van der Waals surface area contributed by atoms with Gasteiger partial charge >= 0.3 is 6.09 Å². The SMILES string of the molecule is COc1ccc(C(C)NC(=O)c2cccc(NC(=O)OC(C)(C)C)c2)cc1F. The summed E-state index contributed by atoms with van der Waals surface area (Å²) >= 11 is 0. The molecular weight excluding hydrogens is 363 g/mol. The lowest BCUT2D eigenvalue weighted by atomic mass is 10.1. The van der Waals surface area contributed by atoms with Crippen molar-refractivity contribution in [2.75, 3.05) is 12.4 Å². The van der Waals surface area contributed by atoms with E-state index in [1.807, 2.05) is 0 Å². The van der Waals surface area contributed by atoms with Gasteiger partial charge in [0, 0.05) is 11.3 Å². The predicted octanol–water partition coefficient (Wildman–Crippen LogP) is 4.67. The second kappa shape index (κ2) is 8.73. The average Bonchev–Trinajstić information content (AvgIpc) is 2.60. The largest absolute Gasteiger partial charge is 0.494 e. The summed E-state index contributed by atoms with van der Waals surface area (Å²) in [5, 5.41) is 5.40. The van der Waals surface area contributed by atoms with Crippen LogP contribution < -0.4 is 15.4 Å². The molecule has 0 spiro atoms. The third kappa shape index (κ3) is 5.97. The number of anilines is 1. The lowest BCUT2D eigenvalue weighted by molar-refractivity contribution is 0.0635. The van der Waals surface area contributed by atoms with Gasteiger partial charge in [-0.3, -0.25) is 10.1 Å². The molecule has 0 fully saturated rings. The van der Waals surface area contributed by atoms with Crippen LogP contribution in [0, 0.1) is 5.82 Å². The molecule has 2 rings (SSSR count). The van der Waals surface area contributed by atoms with Crippen LogP contribution in [-0.4, -0.2) is 24.7 Å². The zero-order chi connectivity index (χ0) is 20.9. The number of hydrogen-bond donors (Lipinski definition) is 2. The quantitative estimate of drug-likeness (QED) is 0.780. The molecule has 1 unspecified atom stereocenters. The van der Waals surface area contributed by atoms with E-state index in [2.05, 4.69) is 10.6 Å². The van der Waals surface area contributed by atoms with Crippen LogP contribution in [0.15, 0.2) is 42.5 Å². The van der Waals surface area contributed by atoms with Crippen LogP contribution in [0.1, 0.15) is 49.7 Å². The number of rotatable bonds is 5. The molecule has 0 aliphatic rings. The highest BCUT2D eigenvalue weighted by molar-refractivity contribution is 5.96. The molecule has 0 saturated carbocycles. The number of hydrogen-bond acceptors (Lipinski definition) is 4. The molecular formula is C21H25FN2O4. The first-order chi connectivity index (χ1) is 13.1. The summed E-state index contributed by atoms with van der Waals surface area (Å²) < 4.78 is 24.0. The summed E-state index contributed by atoms with van der Waals surface area (Å²) in [6.45, 7) is 7.04. The van der Waals surface area contributed by atoms with E-state index >= 15 is 0 Å². The Labute approximate surface area is 164 Å². The first-order valence-electron chi connectivity index (χ1n) is 8.83. The van der Waals surface area contributed by atoms with Crippen molar-refractivity contribution in [2.45, 2.75) is 39.3 Å². The molecule has 2 aromatic rings. The lowest BCUT2D eigenvalue weighted by Crippen LogP contribution is -2.28. The maximum atomic E-state index is 13.9. The number of methoxy groups -OCH3 is 1. The van der Waals surface area contributed by atoms with Crippen LogP contribution in [0.5, 0.6) is 5.75 Å². The number of ether oxygens (including phenoxy) is 2. The van der Waals surface area contributed by atoms with Crippen LogP contribution in [0.25, 0.3) is 0 Å². The zero-order valence-corrected chi connectivity index (χ0v) is 16.6. The smallest absolute Gasteiger partial charge is 0.412 e. The van der Waals surface area contributed by atoms with E-state index in [4.69, 9.17) is 9.47 Å². The van der Waals surface area contributed by atoms with Gasteiger partial charge in [-0.25, -0.2) is 9.18 Å². The second-order valence-electron chi connectivity index (χ2n) is 7.30. The third-order valence-electron chi connectivity index (χ3n) is 3.79. The standard InChI is InChI=1S/C21H25FN2O4/c1-13(14-9-10-18(27-5)17(22)12-14)23-19(25)15-7-6-8-16(11-15)24-20(26)28-21(2,3)4/h6-13H,1-5H3,(H,23,25)(H,24,26). The molecule has 0 saturated heterocycles. The van der Waals surface area contributed by atoms with E-state index in [1.54, 1.807) is 58.0 Å². The predicted molar refractivity (Wildman–Crippen MR) is 105 cm³/mol. The van der Waals surface area contributed by atoms with Gasteiger partial charge in [0.25, 0.3) is 5.91 Å². The molecule has 2 N–H and O–H groups in total. The monoisotopic (exact) mass is 388 g/mol. The Morgan fingerprint density at radius 1 is 1.11 bits per heavy atom. The van der Waals surface area contributed by atoms with Crippen LogP contribution in [0.4, 0.5) is 14.9 Å². The van der Waals surface area contributed by atoms with Gasteiger partial charge in [0.05, 0.1) is 13.2 Å². The fraction of sp³-hybridized carbons (Fsp3) is 0.333. The molecule has 0 aliphatic carbocycles. The fourth-order valence-corrected chi connectivity index (χ4v) is 2.47.